The number of hydrogen-bond donors (Lipinski definition) is 1. The Balaban J connectivity index is 2.73. The first-order valence-electron chi connectivity index (χ1n) is 3.45. The third-order valence-electron chi connectivity index (χ3n) is 1.43. The van der Waals surface area contributed by atoms with Crippen LogP contribution in [0.15, 0.2) is 4.99 Å². The Kier molecular flexibility index (Phi) is 2.51. The van der Waals surface area contributed by atoms with Crippen molar-refractivity contribution in [2.75, 3.05) is 6.54 Å². The molecule has 1 aliphatic rings. The summed E-state index contributed by atoms with van der Waals surface area (Å²) < 4.78 is 57.7. The normalized spacial score (nSPS) is 18.5. The van der Waals surface area contributed by atoms with Gasteiger partial charge in [-0.2, -0.15) is 21.6 Å². The summed E-state index contributed by atoms with van der Waals surface area (Å²) in [4.78, 5) is 3.56. The van der Waals surface area contributed by atoms with E-state index in [0.29, 0.717) is 13.0 Å². The van der Waals surface area contributed by atoms with Crippen LogP contribution in [0.25, 0.3) is 0 Å². The van der Waals surface area contributed by atoms with E-state index in [0.717, 1.165) is 0 Å². The van der Waals surface area contributed by atoms with Crippen LogP contribution in [0.5, 0.6) is 0 Å². The second-order valence-corrected chi connectivity index (χ2v) is 4.16. The van der Waals surface area contributed by atoms with Crippen molar-refractivity contribution in [3.8, 4) is 0 Å². The molecule has 0 saturated carbocycles. The maximum absolute atomic E-state index is 11.8. The molecule has 1 heterocycles. The number of rotatable bonds is 1. The van der Waals surface area contributed by atoms with Gasteiger partial charge in [-0.25, -0.2) is 0 Å². The van der Waals surface area contributed by atoms with Crippen molar-refractivity contribution >= 4 is 15.9 Å². The largest absolute Gasteiger partial charge is 0.516 e. The van der Waals surface area contributed by atoms with Crippen LogP contribution >= 0.6 is 0 Å². The van der Waals surface area contributed by atoms with Crippen LogP contribution in [0.2, 0.25) is 0 Å². The van der Waals surface area contributed by atoms with Crippen LogP contribution < -0.4 is 4.72 Å². The van der Waals surface area contributed by atoms with E-state index >= 15 is 0 Å². The lowest BCUT2D eigenvalue weighted by Crippen LogP contribution is -2.39. The summed E-state index contributed by atoms with van der Waals surface area (Å²) in [5.41, 5.74) is -5.27. The van der Waals surface area contributed by atoms with Gasteiger partial charge in [-0.15, -0.1) is 0 Å². The third-order valence-corrected chi connectivity index (χ3v) is 2.55. The van der Waals surface area contributed by atoms with Crippen molar-refractivity contribution in [3.05, 3.63) is 0 Å². The van der Waals surface area contributed by atoms with Gasteiger partial charge < -0.3 is 0 Å². The van der Waals surface area contributed by atoms with Crippen LogP contribution in [-0.2, 0) is 10.0 Å². The molecular formula is C5H7F3N2O2S. The zero-order valence-electron chi connectivity index (χ0n) is 6.43. The number of alkyl halides is 3. The monoisotopic (exact) mass is 216 g/mol. The maximum atomic E-state index is 11.8. The molecule has 0 amide bonds. The highest BCUT2D eigenvalue weighted by Crippen LogP contribution is 2.22. The number of sulfonamides is 1. The van der Waals surface area contributed by atoms with Gasteiger partial charge in [0, 0.05) is 13.0 Å². The molecule has 1 aliphatic heterocycles. The van der Waals surface area contributed by atoms with Gasteiger partial charge in [0.05, 0.1) is 0 Å². The topological polar surface area (TPSA) is 58.5 Å². The van der Waals surface area contributed by atoms with E-state index in [-0.39, 0.29) is 12.3 Å². The molecule has 8 heteroatoms. The summed E-state index contributed by atoms with van der Waals surface area (Å²) in [6.45, 7) is 0.371. The zero-order chi connectivity index (χ0) is 10.1. The van der Waals surface area contributed by atoms with Crippen molar-refractivity contribution in [1.82, 2.24) is 4.72 Å². The smallest absolute Gasteiger partial charge is 0.272 e. The third kappa shape index (κ3) is 2.33. The number of amidine groups is 1. The number of aliphatic imine (C=N–C) groups is 1. The molecule has 0 saturated heterocycles. The fourth-order valence-electron chi connectivity index (χ4n) is 0.836. The van der Waals surface area contributed by atoms with Gasteiger partial charge in [0.2, 0.25) is 0 Å². The lowest BCUT2D eigenvalue weighted by atomic mass is 10.3. The molecule has 4 nitrogen and oxygen atoms in total. The highest BCUT2D eigenvalue weighted by Gasteiger charge is 2.46. The molecule has 0 atom stereocenters. The summed E-state index contributed by atoms with van der Waals surface area (Å²) in [6.07, 6.45) is 0.824. The van der Waals surface area contributed by atoms with Gasteiger partial charge in [0.1, 0.15) is 5.84 Å². The van der Waals surface area contributed by atoms with Gasteiger partial charge in [-0.05, 0) is 6.42 Å². The van der Waals surface area contributed by atoms with Crippen LogP contribution in [0.4, 0.5) is 13.2 Å². The molecule has 0 aliphatic carbocycles. The fraction of sp³-hybridized carbons (Fsp3) is 0.800. The molecule has 0 radical (unpaired) electrons. The molecule has 0 bridgehead atoms. The molecule has 0 spiro atoms. The standard InChI is InChI=1S/C5H7F3N2O2S/c6-5(7,8)13(11,12)10-4-2-1-3-9-4/h1-3H2,(H,9,10). The number of nitrogens with zero attached hydrogens (tertiary/aromatic N) is 1. The van der Waals surface area contributed by atoms with Gasteiger partial charge in [0.25, 0.3) is 0 Å². The molecule has 0 aromatic carbocycles. The fourth-order valence-corrected chi connectivity index (χ4v) is 1.43. The average molecular weight is 216 g/mol. The van der Waals surface area contributed by atoms with E-state index in [2.05, 4.69) is 4.99 Å². The van der Waals surface area contributed by atoms with Crippen LogP contribution in [0.3, 0.4) is 0 Å². The summed E-state index contributed by atoms with van der Waals surface area (Å²) in [5.74, 6) is -0.114. The Morgan fingerprint density at radius 1 is 1.38 bits per heavy atom. The molecule has 1 N–H and O–H groups in total. The summed E-state index contributed by atoms with van der Waals surface area (Å²) in [5, 5.41) is 0. The minimum absolute atomic E-state index is 0.114. The Labute approximate surface area is 72.9 Å². The van der Waals surface area contributed by atoms with Crippen LogP contribution in [-0.4, -0.2) is 26.3 Å². The van der Waals surface area contributed by atoms with Gasteiger partial charge >= 0.3 is 15.5 Å². The Bertz CT molecular complexity index is 319. The van der Waals surface area contributed by atoms with Crippen molar-refractivity contribution < 1.29 is 21.6 Å². The average Bonchev–Trinajstić information content (AvgIpc) is 2.35. The predicted molar refractivity (Wildman–Crippen MR) is 39.6 cm³/mol. The van der Waals surface area contributed by atoms with E-state index in [4.69, 9.17) is 0 Å². The Morgan fingerprint density at radius 3 is 2.38 bits per heavy atom. The number of hydrogen-bond acceptors (Lipinski definition) is 3. The highest BCUT2D eigenvalue weighted by atomic mass is 32.2. The minimum Gasteiger partial charge on any atom is -0.272 e. The van der Waals surface area contributed by atoms with E-state index in [1.807, 2.05) is 0 Å². The zero-order valence-corrected chi connectivity index (χ0v) is 7.24. The first kappa shape index (κ1) is 10.3. The Morgan fingerprint density at radius 2 is 2.00 bits per heavy atom. The van der Waals surface area contributed by atoms with Crippen LogP contribution in [0, 0.1) is 0 Å². The molecule has 13 heavy (non-hydrogen) atoms. The van der Waals surface area contributed by atoms with E-state index in [9.17, 15) is 21.6 Å². The molecule has 0 aromatic heterocycles. The van der Waals surface area contributed by atoms with Crippen molar-refractivity contribution in [3.63, 3.8) is 0 Å². The van der Waals surface area contributed by atoms with Crippen molar-refractivity contribution in [2.24, 2.45) is 4.99 Å². The second kappa shape index (κ2) is 3.17. The number of nitrogens with one attached hydrogen (secondary N) is 1. The van der Waals surface area contributed by atoms with Gasteiger partial charge in [-0.3, -0.25) is 9.71 Å². The molecule has 76 valence electrons. The first-order chi connectivity index (χ1) is 5.83. The highest BCUT2D eigenvalue weighted by molar-refractivity contribution is 7.90. The maximum Gasteiger partial charge on any atom is 0.516 e. The summed E-state index contributed by atoms with van der Waals surface area (Å²) in [7, 11) is -5.26. The Hall–Kier alpha value is -0.790. The molecular weight excluding hydrogens is 209 g/mol. The minimum atomic E-state index is -5.27. The van der Waals surface area contributed by atoms with E-state index in [1.165, 1.54) is 4.72 Å². The SMILES string of the molecule is O=S(=O)(NC1=NCCC1)C(F)(F)F. The van der Waals surface area contributed by atoms with Gasteiger partial charge in [0.15, 0.2) is 0 Å². The molecule has 0 unspecified atom stereocenters. The summed E-state index contributed by atoms with van der Waals surface area (Å²) >= 11 is 0. The lowest BCUT2D eigenvalue weighted by Gasteiger charge is -2.09. The second-order valence-electron chi connectivity index (χ2n) is 2.48. The quantitative estimate of drug-likeness (QED) is 0.698. The van der Waals surface area contributed by atoms with Crippen LogP contribution in [0.1, 0.15) is 12.8 Å². The van der Waals surface area contributed by atoms with Crippen molar-refractivity contribution in [2.45, 2.75) is 18.3 Å². The lowest BCUT2D eigenvalue weighted by molar-refractivity contribution is -0.0442. The predicted octanol–water partition coefficient (Wildman–Crippen LogP) is 0.618. The van der Waals surface area contributed by atoms with Gasteiger partial charge in [-0.1, -0.05) is 0 Å². The molecule has 0 fully saturated rings. The first-order valence-corrected chi connectivity index (χ1v) is 4.94. The molecule has 0 aromatic rings. The van der Waals surface area contributed by atoms with E-state index < -0.39 is 15.5 Å². The number of halogens is 3. The van der Waals surface area contributed by atoms with E-state index in [1.54, 1.807) is 0 Å². The molecule has 1 rings (SSSR count). The summed E-state index contributed by atoms with van der Waals surface area (Å²) in [6, 6.07) is 0. The van der Waals surface area contributed by atoms with Crippen molar-refractivity contribution in [1.29, 1.82) is 0 Å².